The molecule has 0 unspecified atom stereocenters. The van der Waals surface area contributed by atoms with Gasteiger partial charge in [0.2, 0.25) is 0 Å². The van der Waals surface area contributed by atoms with E-state index in [-0.39, 0.29) is 18.2 Å². The van der Waals surface area contributed by atoms with Crippen LogP contribution in [0.15, 0.2) is 24.3 Å². The Morgan fingerprint density at radius 1 is 1.11 bits per heavy atom. The van der Waals surface area contributed by atoms with E-state index < -0.39 is 11.4 Å². The van der Waals surface area contributed by atoms with E-state index in [4.69, 9.17) is 5.11 Å². The first-order valence-electron chi connectivity index (χ1n) is 5.86. The number of hydrogen-bond acceptors (Lipinski definition) is 3. The molecule has 0 saturated heterocycles. The number of rotatable bonds is 5. The number of hydrogen-bond donors (Lipinski definition) is 2. The highest BCUT2D eigenvalue weighted by Crippen LogP contribution is 2.13. The van der Waals surface area contributed by atoms with Crippen LogP contribution in [0.3, 0.4) is 0 Å². The Morgan fingerprint density at radius 2 is 1.58 bits per heavy atom. The van der Waals surface area contributed by atoms with Crippen molar-refractivity contribution in [1.82, 2.24) is 5.32 Å². The maximum Gasteiger partial charge on any atom is 0.310 e. The van der Waals surface area contributed by atoms with Crippen molar-refractivity contribution in [3.05, 3.63) is 35.4 Å². The molecule has 0 heterocycles. The molecule has 0 atom stereocenters. The molecule has 1 aromatic carbocycles. The van der Waals surface area contributed by atoms with Gasteiger partial charge in [-0.25, -0.2) is 0 Å². The Kier molecular flexibility index (Phi) is 4.43. The molecule has 0 fully saturated rings. The van der Waals surface area contributed by atoms with Gasteiger partial charge in [0.15, 0.2) is 5.78 Å². The van der Waals surface area contributed by atoms with Crippen molar-refractivity contribution in [2.75, 3.05) is 6.54 Å². The summed E-state index contributed by atoms with van der Waals surface area (Å²) in [5.41, 5.74) is -0.0942. The molecule has 102 valence electrons. The van der Waals surface area contributed by atoms with Crippen LogP contribution >= 0.6 is 0 Å². The van der Waals surface area contributed by atoms with Crippen LogP contribution in [0.1, 0.15) is 41.5 Å². The molecule has 1 amide bonds. The molecule has 0 aromatic heterocycles. The molecule has 0 aliphatic heterocycles. The molecule has 0 bridgehead atoms. The number of carboxylic acids is 1. The van der Waals surface area contributed by atoms with E-state index in [0.717, 1.165) is 0 Å². The monoisotopic (exact) mass is 263 g/mol. The van der Waals surface area contributed by atoms with Gasteiger partial charge in [0, 0.05) is 17.7 Å². The minimum Gasteiger partial charge on any atom is -0.481 e. The Labute approximate surface area is 111 Å². The molecule has 0 radical (unpaired) electrons. The predicted molar refractivity (Wildman–Crippen MR) is 70.2 cm³/mol. The van der Waals surface area contributed by atoms with Gasteiger partial charge >= 0.3 is 5.97 Å². The molecule has 0 saturated carbocycles. The van der Waals surface area contributed by atoms with Crippen molar-refractivity contribution in [3.8, 4) is 0 Å². The predicted octanol–water partition coefficient (Wildman–Crippen LogP) is 1.73. The summed E-state index contributed by atoms with van der Waals surface area (Å²) in [5.74, 6) is -1.40. The van der Waals surface area contributed by atoms with E-state index in [9.17, 15) is 14.4 Å². The SMILES string of the molecule is CC(=O)c1ccc(C(=O)NCC(C)(C)C(=O)O)cc1. The van der Waals surface area contributed by atoms with Gasteiger partial charge in [-0.1, -0.05) is 12.1 Å². The van der Waals surface area contributed by atoms with Crippen LogP contribution in [0.25, 0.3) is 0 Å². The molecule has 5 nitrogen and oxygen atoms in total. The zero-order valence-electron chi connectivity index (χ0n) is 11.2. The second-order valence-corrected chi connectivity index (χ2v) is 5.01. The smallest absolute Gasteiger partial charge is 0.310 e. The Morgan fingerprint density at radius 3 is 2.00 bits per heavy atom. The van der Waals surface area contributed by atoms with Gasteiger partial charge in [-0.15, -0.1) is 0 Å². The average Bonchev–Trinajstić information content (AvgIpc) is 2.36. The number of amides is 1. The van der Waals surface area contributed by atoms with Gasteiger partial charge in [-0.2, -0.15) is 0 Å². The number of Topliss-reactive ketones (excluding diaryl/α,β-unsaturated/α-hetero) is 1. The second-order valence-electron chi connectivity index (χ2n) is 5.01. The first-order valence-corrected chi connectivity index (χ1v) is 5.86. The Bertz CT molecular complexity index is 503. The molecular formula is C14H17NO4. The van der Waals surface area contributed by atoms with Crippen molar-refractivity contribution in [2.45, 2.75) is 20.8 Å². The number of aliphatic carboxylic acids is 1. The zero-order chi connectivity index (χ0) is 14.6. The van der Waals surface area contributed by atoms with Gasteiger partial charge in [0.05, 0.1) is 5.41 Å². The number of ketones is 1. The highest BCUT2D eigenvalue weighted by molar-refractivity contribution is 5.97. The van der Waals surface area contributed by atoms with Crippen LogP contribution < -0.4 is 5.32 Å². The molecule has 0 aliphatic rings. The van der Waals surface area contributed by atoms with Gasteiger partial charge in [-0.3, -0.25) is 14.4 Å². The third kappa shape index (κ3) is 3.91. The third-order valence-corrected chi connectivity index (χ3v) is 2.82. The fourth-order valence-corrected chi connectivity index (χ4v) is 1.34. The lowest BCUT2D eigenvalue weighted by Crippen LogP contribution is -2.38. The van der Waals surface area contributed by atoms with Crippen LogP contribution in [-0.2, 0) is 4.79 Å². The first kappa shape index (κ1) is 14.9. The molecule has 2 N–H and O–H groups in total. The summed E-state index contributed by atoms with van der Waals surface area (Å²) in [5, 5.41) is 11.5. The molecular weight excluding hydrogens is 246 g/mol. The summed E-state index contributed by atoms with van der Waals surface area (Å²) in [6, 6.07) is 6.22. The Balaban J connectivity index is 2.69. The second kappa shape index (κ2) is 5.65. The average molecular weight is 263 g/mol. The van der Waals surface area contributed by atoms with E-state index in [1.54, 1.807) is 24.3 Å². The van der Waals surface area contributed by atoms with Crippen LogP contribution in [0.4, 0.5) is 0 Å². The van der Waals surface area contributed by atoms with E-state index >= 15 is 0 Å². The minimum absolute atomic E-state index is 0.0373. The number of nitrogens with one attached hydrogen (secondary N) is 1. The minimum atomic E-state index is -1.02. The number of carbonyl (C=O) groups excluding carboxylic acids is 2. The zero-order valence-corrected chi connectivity index (χ0v) is 11.2. The third-order valence-electron chi connectivity index (χ3n) is 2.82. The number of carboxylic acid groups (broad SMARTS) is 1. The molecule has 0 aliphatic carbocycles. The molecule has 1 aromatic rings. The topological polar surface area (TPSA) is 83.5 Å². The number of carbonyl (C=O) groups is 3. The fourth-order valence-electron chi connectivity index (χ4n) is 1.34. The molecule has 19 heavy (non-hydrogen) atoms. The van der Waals surface area contributed by atoms with Crippen LogP contribution in [-0.4, -0.2) is 29.3 Å². The van der Waals surface area contributed by atoms with Crippen molar-refractivity contribution in [1.29, 1.82) is 0 Å². The van der Waals surface area contributed by atoms with Gasteiger partial charge in [0.1, 0.15) is 0 Å². The summed E-state index contributed by atoms with van der Waals surface area (Å²) in [7, 11) is 0. The summed E-state index contributed by atoms with van der Waals surface area (Å²) in [6.45, 7) is 4.56. The van der Waals surface area contributed by atoms with Crippen LogP contribution in [0.5, 0.6) is 0 Å². The van der Waals surface area contributed by atoms with E-state index in [1.807, 2.05) is 0 Å². The maximum atomic E-state index is 11.8. The largest absolute Gasteiger partial charge is 0.481 e. The summed E-state index contributed by atoms with van der Waals surface area (Å²) in [6.07, 6.45) is 0. The van der Waals surface area contributed by atoms with Crippen molar-refractivity contribution in [3.63, 3.8) is 0 Å². The first-order chi connectivity index (χ1) is 8.74. The number of benzene rings is 1. The highest BCUT2D eigenvalue weighted by atomic mass is 16.4. The maximum absolute atomic E-state index is 11.8. The molecule has 0 spiro atoms. The fraction of sp³-hybridized carbons (Fsp3) is 0.357. The standard InChI is InChI=1S/C14H17NO4/c1-9(16)10-4-6-11(7-5-10)12(17)15-8-14(2,3)13(18)19/h4-7H,8H2,1-3H3,(H,15,17)(H,18,19). The molecule has 1 rings (SSSR count). The summed E-state index contributed by atoms with van der Waals surface area (Å²) in [4.78, 5) is 33.8. The van der Waals surface area contributed by atoms with Gasteiger partial charge in [-0.05, 0) is 32.9 Å². The lowest BCUT2D eigenvalue weighted by molar-refractivity contribution is -0.146. The Hall–Kier alpha value is -2.17. The lowest BCUT2D eigenvalue weighted by Gasteiger charge is -2.19. The van der Waals surface area contributed by atoms with Crippen molar-refractivity contribution in [2.24, 2.45) is 5.41 Å². The van der Waals surface area contributed by atoms with Gasteiger partial charge in [0.25, 0.3) is 5.91 Å². The quantitative estimate of drug-likeness (QED) is 0.792. The molecule has 5 heteroatoms. The van der Waals surface area contributed by atoms with Gasteiger partial charge < -0.3 is 10.4 Å². The van der Waals surface area contributed by atoms with Crippen molar-refractivity contribution < 1.29 is 19.5 Å². The van der Waals surface area contributed by atoms with E-state index in [0.29, 0.717) is 11.1 Å². The highest BCUT2D eigenvalue weighted by Gasteiger charge is 2.27. The summed E-state index contributed by atoms with van der Waals surface area (Å²) < 4.78 is 0. The normalized spacial score (nSPS) is 10.9. The summed E-state index contributed by atoms with van der Waals surface area (Å²) >= 11 is 0. The van der Waals surface area contributed by atoms with Crippen LogP contribution in [0.2, 0.25) is 0 Å². The van der Waals surface area contributed by atoms with E-state index in [1.165, 1.54) is 20.8 Å². The van der Waals surface area contributed by atoms with Crippen molar-refractivity contribution >= 4 is 17.7 Å². The van der Waals surface area contributed by atoms with E-state index in [2.05, 4.69) is 5.32 Å². The van der Waals surface area contributed by atoms with Crippen LogP contribution in [0, 0.1) is 5.41 Å². The lowest BCUT2D eigenvalue weighted by atomic mass is 9.94.